The van der Waals surface area contributed by atoms with Gasteiger partial charge in [0.15, 0.2) is 0 Å². The summed E-state index contributed by atoms with van der Waals surface area (Å²) in [5.74, 6) is -7.06. The Labute approximate surface area is 248 Å². The van der Waals surface area contributed by atoms with Crippen LogP contribution >= 0.6 is 0 Å². The number of fused-ring (bicyclic) bond motifs is 1. The van der Waals surface area contributed by atoms with Crippen LogP contribution in [-0.4, -0.2) is 99.5 Å². The third-order valence-corrected chi connectivity index (χ3v) is 5.80. The van der Waals surface area contributed by atoms with Crippen LogP contribution in [0.5, 0.6) is 5.88 Å². The van der Waals surface area contributed by atoms with Crippen LogP contribution in [0.15, 0.2) is 42.6 Å². The SMILES string of the molecule is Cc1cccc(CN2C[C@@H]3COC[C@]3(COc3ccccn3)C2)n1.O=C(O)C(F)(F)F.O=C(O)C(F)(F)F.O=C(O)C(F)(F)F. The minimum absolute atomic E-state index is 0.0708. The number of aromatic nitrogens is 2. The van der Waals surface area contributed by atoms with Gasteiger partial charge in [-0.3, -0.25) is 9.88 Å². The van der Waals surface area contributed by atoms with Gasteiger partial charge in [-0.1, -0.05) is 12.1 Å². The lowest BCUT2D eigenvalue weighted by molar-refractivity contribution is -0.193. The number of rotatable bonds is 5. The molecule has 0 aliphatic carbocycles. The van der Waals surface area contributed by atoms with Gasteiger partial charge < -0.3 is 24.8 Å². The zero-order chi connectivity index (χ0) is 34.6. The van der Waals surface area contributed by atoms with Gasteiger partial charge in [-0.2, -0.15) is 39.5 Å². The average molecular weight is 667 g/mol. The number of carbonyl (C=O) groups is 3. The molecule has 45 heavy (non-hydrogen) atoms. The van der Waals surface area contributed by atoms with Crippen molar-refractivity contribution >= 4 is 17.9 Å². The van der Waals surface area contributed by atoms with E-state index in [0.717, 1.165) is 44.2 Å². The Morgan fingerprint density at radius 1 is 0.911 bits per heavy atom. The Bertz CT molecular complexity index is 1200. The van der Waals surface area contributed by atoms with Gasteiger partial charge in [0.05, 0.1) is 25.5 Å². The van der Waals surface area contributed by atoms with Gasteiger partial charge in [-0.05, 0) is 25.1 Å². The summed E-state index contributed by atoms with van der Waals surface area (Å²) in [5, 5.41) is 21.4. The molecule has 0 saturated carbocycles. The first kappa shape index (κ1) is 38.8. The summed E-state index contributed by atoms with van der Waals surface area (Å²) in [6.07, 6.45) is -13.5. The van der Waals surface area contributed by atoms with E-state index < -0.39 is 36.4 Å². The third-order valence-electron chi connectivity index (χ3n) is 5.80. The number of carboxylic acids is 3. The van der Waals surface area contributed by atoms with Gasteiger partial charge in [0.2, 0.25) is 5.88 Å². The van der Waals surface area contributed by atoms with Crippen LogP contribution in [0.25, 0.3) is 0 Å². The Hall–Kier alpha value is -4.20. The first-order valence-corrected chi connectivity index (χ1v) is 12.2. The molecule has 252 valence electrons. The lowest BCUT2D eigenvalue weighted by Crippen LogP contribution is -2.37. The Kier molecular flexibility index (Phi) is 14.0. The molecule has 0 spiro atoms. The monoisotopic (exact) mass is 667 g/mol. The number of pyridine rings is 2. The number of likely N-dealkylation sites (tertiary alicyclic amines) is 1. The van der Waals surface area contributed by atoms with Gasteiger partial charge in [-0.15, -0.1) is 0 Å². The maximum atomic E-state index is 10.6. The summed E-state index contributed by atoms with van der Waals surface area (Å²) in [4.78, 5) is 38.1. The van der Waals surface area contributed by atoms with Crippen LogP contribution in [0, 0.1) is 18.3 Å². The normalized spacial score (nSPS) is 19.4. The maximum absolute atomic E-state index is 10.6. The highest BCUT2D eigenvalue weighted by Crippen LogP contribution is 2.42. The van der Waals surface area contributed by atoms with Crippen molar-refractivity contribution in [3.05, 3.63) is 54.0 Å². The summed E-state index contributed by atoms with van der Waals surface area (Å²) in [6, 6.07) is 12.0. The Morgan fingerprint density at radius 2 is 1.44 bits per heavy atom. The number of hydrogen-bond acceptors (Lipinski definition) is 8. The smallest absolute Gasteiger partial charge is 0.477 e. The van der Waals surface area contributed by atoms with E-state index in [4.69, 9.17) is 39.2 Å². The molecule has 2 saturated heterocycles. The van der Waals surface area contributed by atoms with Gasteiger partial charge in [0.1, 0.15) is 0 Å². The quantitative estimate of drug-likeness (QED) is 0.392. The zero-order valence-electron chi connectivity index (χ0n) is 23.0. The number of nitrogens with zero attached hydrogens (tertiary/aromatic N) is 3. The van der Waals surface area contributed by atoms with Crippen molar-refractivity contribution in [2.75, 3.05) is 32.9 Å². The molecule has 0 radical (unpaired) electrons. The lowest BCUT2D eigenvalue weighted by Gasteiger charge is -2.27. The molecule has 2 aliphatic rings. The summed E-state index contributed by atoms with van der Waals surface area (Å²) in [5.41, 5.74) is 2.28. The predicted molar refractivity (Wildman–Crippen MR) is 132 cm³/mol. The molecule has 3 N–H and O–H groups in total. The number of halogens is 9. The van der Waals surface area contributed by atoms with Gasteiger partial charge in [-0.25, -0.2) is 19.4 Å². The number of alkyl halides is 9. The zero-order valence-corrected chi connectivity index (χ0v) is 23.0. The summed E-state index contributed by atoms with van der Waals surface area (Å²) >= 11 is 0. The molecule has 2 aromatic rings. The molecule has 0 bridgehead atoms. The fourth-order valence-corrected chi connectivity index (χ4v) is 3.83. The molecule has 2 atom stereocenters. The van der Waals surface area contributed by atoms with E-state index in [2.05, 4.69) is 27.0 Å². The van der Waals surface area contributed by atoms with Crippen LogP contribution in [0.3, 0.4) is 0 Å². The first-order valence-electron chi connectivity index (χ1n) is 12.2. The largest absolute Gasteiger partial charge is 0.490 e. The standard InChI is InChI=1S/C19H23N3O2.3C2HF3O2/c1-15-5-4-6-17(21-15)10-22-9-16-11-23-13-19(16,12-22)14-24-18-7-2-3-8-20-18;3*3-2(4,5)1(6)7/h2-8,16H,9-14H2,1H3;3*(H,6,7)/t16-,19+;;;/m1.../s1. The van der Waals surface area contributed by atoms with Crippen LogP contribution in [-0.2, 0) is 25.7 Å². The van der Waals surface area contributed by atoms with Crippen molar-refractivity contribution < 1.29 is 78.7 Å². The Balaban J connectivity index is 0.000000396. The molecule has 0 aromatic carbocycles. The molecule has 2 fully saturated rings. The average Bonchev–Trinajstić information content (AvgIpc) is 3.44. The molecular formula is C25H26F9N3O8. The van der Waals surface area contributed by atoms with Gasteiger partial charge in [0.25, 0.3) is 0 Å². The number of ether oxygens (including phenoxy) is 2. The van der Waals surface area contributed by atoms with Crippen molar-refractivity contribution in [1.82, 2.24) is 14.9 Å². The van der Waals surface area contributed by atoms with Crippen LogP contribution in [0.1, 0.15) is 11.4 Å². The van der Waals surface area contributed by atoms with Crippen molar-refractivity contribution in [2.24, 2.45) is 11.3 Å². The van der Waals surface area contributed by atoms with E-state index in [-0.39, 0.29) is 5.41 Å². The second kappa shape index (κ2) is 16.2. The van der Waals surface area contributed by atoms with E-state index in [1.54, 1.807) is 6.20 Å². The molecule has 0 unspecified atom stereocenters. The summed E-state index contributed by atoms with van der Waals surface area (Å²) in [7, 11) is 0. The van der Waals surface area contributed by atoms with Crippen LogP contribution < -0.4 is 4.74 Å². The molecule has 4 rings (SSSR count). The fourth-order valence-electron chi connectivity index (χ4n) is 3.83. The van der Waals surface area contributed by atoms with Crippen molar-refractivity contribution in [2.45, 2.75) is 32.0 Å². The number of carboxylic acid groups (broad SMARTS) is 3. The van der Waals surface area contributed by atoms with E-state index in [1.807, 2.05) is 31.2 Å². The first-order chi connectivity index (χ1) is 20.6. The van der Waals surface area contributed by atoms with E-state index in [0.29, 0.717) is 18.4 Å². The number of aryl methyl sites for hydroxylation is 1. The molecule has 11 nitrogen and oxygen atoms in total. The highest BCUT2D eigenvalue weighted by atomic mass is 19.4. The third kappa shape index (κ3) is 14.0. The predicted octanol–water partition coefficient (Wildman–Crippen LogP) is 4.21. The molecule has 2 aromatic heterocycles. The molecule has 4 heterocycles. The highest BCUT2D eigenvalue weighted by molar-refractivity contribution is 5.73. The molecule has 0 amide bonds. The fraction of sp³-hybridized carbons (Fsp3) is 0.480. The highest BCUT2D eigenvalue weighted by Gasteiger charge is 2.51. The van der Waals surface area contributed by atoms with E-state index >= 15 is 0 Å². The molecule has 2 aliphatic heterocycles. The minimum atomic E-state index is -5.08. The van der Waals surface area contributed by atoms with Crippen LogP contribution in [0.4, 0.5) is 39.5 Å². The second-order valence-electron chi connectivity index (χ2n) is 9.38. The van der Waals surface area contributed by atoms with Crippen LogP contribution in [0.2, 0.25) is 0 Å². The summed E-state index contributed by atoms with van der Waals surface area (Å²) < 4.78 is 107. The topological polar surface area (TPSA) is 159 Å². The summed E-state index contributed by atoms with van der Waals surface area (Å²) in [6.45, 7) is 7.21. The van der Waals surface area contributed by atoms with Crippen molar-refractivity contribution in [3.63, 3.8) is 0 Å². The maximum Gasteiger partial charge on any atom is 0.490 e. The Morgan fingerprint density at radius 3 is 1.89 bits per heavy atom. The van der Waals surface area contributed by atoms with E-state index in [1.165, 1.54) is 0 Å². The molecule has 20 heteroatoms. The second-order valence-corrected chi connectivity index (χ2v) is 9.38. The van der Waals surface area contributed by atoms with Gasteiger partial charge >= 0.3 is 36.4 Å². The minimum Gasteiger partial charge on any atom is -0.477 e. The number of hydrogen-bond donors (Lipinski definition) is 3. The van der Waals surface area contributed by atoms with Gasteiger partial charge in [0, 0.05) is 48.9 Å². The molecular weight excluding hydrogens is 641 g/mol. The van der Waals surface area contributed by atoms with Crippen molar-refractivity contribution in [3.8, 4) is 5.88 Å². The number of aliphatic carboxylic acids is 3. The van der Waals surface area contributed by atoms with Crippen molar-refractivity contribution in [1.29, 1.82) is 0 Å². The lowest BCUT2D eigenvalue weighted by atomic mass is 9.82. The van der Waals surface area contributed by atoms with E-state index in [9.17, 15) is 39.5 Å².